The van der Waals surface area contributed by atoms with Crippen LogP contribution in [0.4, 0.5) is 0 Å². The van der Waals surface area contributed by atoms with Crippen molar-refractivity contribution in [3.8, 4) is 0 Å². The first kappa shape index (κ1) is 11.5. The monoisotopic (exact) mass is 199 g/mol. The van der Waals surface area contributed by atoms with Crippen molar-refractivity contribution in [2.75, 3.05) is 20.1 Å². The Morgan fingerprint density at radius 2 is 2.29 bits per heavy atom. The minimum Gasteiger partial charge on any atom is -0.368 e. The highest BCUT2D eigenvalue weighted by Crippen LogP contribution is 2.27. The Labute approximate surface area is 85.8 Å². The van der Waals surface area contributed by atoms with E-state index in [9.17, 15) is 4.79 Å². The summed E-state index contributed by atoms with van der Waals surface area (Å²) in [4.78, 5) is 13.4. The van der Waals surface area contributed by atoms with E-state index in [1.807, 2.05) is 0 Å². The van der Waals surface area contributed by atoms with Gasteiger partial charge in [0.15, 0.2) is 0 Å². The molecule has 1 saturated heterocycles. The van der Waals surface area contributed by atoms with Crippen LogP contribution in [0.3, 0.4) is 0 Å². The van der Waals surface area contributed by atoms with Crippen LogP contribution >= 0.6 is 0 Å². The summed E-state index contributed by atoms with van der Waals surface area (Å²) in [5.41, 5.74) is 5.50. The third-order valence-corrected chi connectivity index (χ3v) is 3.17. The van der Waals surface area contributed by atoms with Crippen molar-refractivity contribution in [1.29, 1.82) is 0 Å². The molecule has 1 heterocycles. The first-order valence-electron chi connectivity index (χ1n) is 5.19. The average Bonchev–Trinajstić information content (AvgIpc) is 2.40. The fraction of sp³-hybridized carbons (Fsp3) is 0.900. The Morgan fingerprint density at radius 1 is 1.64 bits per heavy atom. The molecule has 1 atom stereocenters. The molecule has 0 bridgehead atoms. The largest absolute Gasteiger partial charge is 0.368 e. The number of nitrogens with zero attached hydrogens (tertiary/aromatic N) is 1. The highest BCUT2D eigenvalue weighted by atomic mass is 16.1. The molecule has 4 heteroatoms. The number of likely N-dealkylation sites (tertiary alicyclic amines) is 1. The molecule has 0 aromatic rings. The second-order valence-electron chi connectivity index (χ2n) is 4.61. The standard InChI is InChI=1S/C10H21N3O/c1-10(2)5-4-6-13(10)7-8(12-3)9(11)14/h8,12H,4-7H2,1-3H3,(H2,11,14). The lowest BCUT2D eigenvalue weighted by Gasteiger charge is -2.33. The molecule has 0 saturated carbocycles. The van der Waals surface area contributed by atoms with Crippen LogP contribution in [-0.2, 0) is 4.79 Å². The molecule has 14 heavy (non-hydrogen) atoms. The maximum absolute atomic E-state index is 11.1. The molecule has 82 valence electrons. The summed E-state index contributed by atoms with van der Waals surface area (Å²) in [5.74, 6) is -0.268. The number of carbonyl (C=O) groups is 1. The Kier molecular flexibility index (Phi) is 3.50. The van der Waals surface area contributed by atoms with E-state index in [0.29, 0.717) is 0 Å². The van der Waals surface area contributed by atoms with Crippen LogP contribution in [0.2, 0.25) is 0 Å². The first-order chi connectivity index (χ1) is 6.47. The Morgan fingerprint density at radius 3 is 2.64 bits per heavy atom. The lowest BCUT2D eigenvalue weighted by Crippen LogP contribution is -2.51. The van der Waals surface area contributed by atoms with Gasteiger partial charge in [0.2, 0.25) is 5.91 Å². The second kappa shape index (κ2) is 4.28. The van der Waals surface area contributed by atoms with Crippen LogP contribution < -0.4 is 11.1 Å². The first-order valence-corrected chi connectivity index (χ1v) is 5.19. The van der Waals surface area contributed by atoms with Gasteiger partial charge in [0, 0.05) is 12.1 Å². The smallest absolute Gasteiger partial charge is 0.235 e. The fourth-order valence-electron chi connectivity index (χ4n) is 2.05. The summed E-state index contributed by atoms with van der Waals surface area (Å²) in [6.45, 7) is 6.22. The number of likely N-dealkylation sites (N-methyl/N-ethyl adjacent to an activating group) is 1. The van der Waals surface area contributed by atoms with E-state index in [4.69, 9.17) is 5.73 Å². The lowest BCUT2D eigenvalue weighted by molar-refractivity contribution is -0.120. The molecule has 0 radical (unpaired) electrons. The summed E-state index contributed by atoms with van der Waals surface area (Å²) < 4.78 is 0. The van der Waals surface area contributed by atoms with Gasteiger partial charge in [0.1, 0.15) is 0 Å². The molecular formula is C10H21N3O. The second-order valence-corrected chi connectivity index (χ2v) is 4.61. The number of primary amides is 1. The van der Waals surface area contributed by atoms with Gasteiger partial charge in [0.25, 0.3) is 0 Å². The lowest BCUT2D eigenvalue weighted by atomic mass is 10.0. The molecular weight excluding hydrogens is 178 g/mol. The van der Waals surface area contributed by atoms with Crippen molar-refractivity contribution in [3.63, 3.8) is 0 Å². The van der Waals surface area contributed by atoms with E-state index >= 15 is 0 Å². The van der Waals surface area contributed by atoms with Crippen LogP contribution in [0, 0.1) is 0 Å². The molecule has 0 aromatic carbocycles. The SMILES string of the molecule is CNC(CN1CCCC1(C)C)C(N)=O. The number of hydrogen-bond acceptors (Lipinski definition) is 3. The third-order valence-electron chi connectivity index (χ3n) is 3.17. The fourth-order valence-corrected chi connectivity index (χ4v) is 2.05. The number of hydrogen-bond donors (Lipinski definition) is 2. The number of nitrogens with two attached hydrogens (primary N) is 1. The molecule has 0 aromatic heterocycles. The van der Waals surface area contributed by atoms with Gasteiger partial charge in [-0.05, 0) is 40.3 Å². The molecule has 1 fully saturated rings. The highest BCUT2D eigenvalue weighted by Gasteiger charge is 2.33. The van der Waals surface area contributed by atoms with E-state index in [1.54, 1.807) is 7.05 Å². The zero-order valence-electron chi connectivity index (χ0n) is 9.34. The van der Waals surface area contributed by atoms with Gasteiger partial charge in [-0.25, -0.2) is 0 Å². The zero-order chi connectivity index (χ0) is 10.8. The molecule has 1 rings (SSSR count). The van der Waals surface area contributed by atoms with Gasteiger partial charge in [-0.2, -0.15) is 0 Å². The van der Waals surface area contributed by atoms with Gasteiger partial charge in [0.05, 0.1) is 6.04 Å². The molecule has 4 nitrogen and oxygen atoms in total. The van der Waals surface area contributed by atoms with E-state index in [1.165, 1.54) is 12.8 Å². The van der Waals surface area contributed by atoms with Crippen molar-refractivity contribution in [1.82, 2.24) is 10.2 Å². The zero-order valence-corrected chi connectivity index (χ0v) is 9.34. The average molecular weight is 199 g/mol. The predicted molar refractivity (Wildman–Crippen MR) is 56.9 cm³/mol. The Balaban J connectivity index is 2.54. The molecule has 1 amide bonds. The van der Waals surface area contributed by atoms with Crippen molar-refractivity contribution in [2.45, 2.75) is 38.3 Å². The molecule has 1 aliphatic heterocycles. The van der Waals surface area contributed by atoms with E-state index in [0.717, 1.165) is 13.1 Å². The summed E-state index contributed by atoms with van der Waals surface area (Å²) in [5, 5.41) is 2.95. The Bertz CT molecular complexity index is 215. The van der Waals surface area contributed by atoms with Crippen LogP contribution in [0.1, 0.15) is 26.7 Å². The van der Waals surface area contributed by atoms with Crippen molar-refractivity contribution < 1.29 is 4.79 Å². The normalized spacial score (nSPS) is 23.6. The summed E-state index contributed by atoms with van der Waals surface area (Å²) >= 11 is 0. The minimum absolute atomic E-state index is 0.213. The molecule has 1 aliphatic rings. The van der Waals surface area contributed by atoms with Crippen LogP contribution in [-0.4, -0.2) is 42.5 Å². The van der Waals surface area contributed by atoms with Crippen molar-refractivity contribution >= 4 is 5.91 Å². The minimum atomic E-state index is -0.268. The number of rotatable bonds is 4. The third kappa shape index (κ3) is 2.45. The topological polar surface area (TPSA) is 58.4 Å². The molecule has 0 aliphatic carbocycles. The van der Waals surface area contributed by atoms with Gasteiger partial charge >= 0.3 is 0 Å². The van der Waals surface area contributed by atoms with Crippen LogP contribution in [0.25, 0.3) is 0 Å². The number of carbonyl (C=O) groups excluding carboxylic acids is 1. The van der Waals surface area contributed by atoms with Gasteiger partial charge in [-0.1, -0.05) is 0 Å². The van der Waals surface area contributed by atoms with E-state index < -0.39 is 0 Å². The van der Waals surface area contributed by atoms with Crippen LogP contribution in [0.15, 0.2) is 0 Å². The summed E-state index contributed by atoms with van der Waals surface area (Å²) in [6, 6.07) is -0.229. The predicted octanol–water partition coefficient (Wildman–Crippen LogP) is -0.0659. The van der Waals surface area contributed by atoms with E-state index in [2.05, 4.69) is 24.1 Å². The number of nitrogens with one attached hydrogen (secondary N) is 1. The van der Waals surface area contributed by atoms with Gasteiger partial charge < -0.3 is 11.1 Å². The van der Waals surface area contributed by atoms with Crippen LogP contribution in [0.5, 0.6) is 0 Å². The summed E-state index contributed by atoms with van der Waals surface area (Å²) in [6.07, 6.45) is 2.41. The molecule has 1 unspecified atom stereocenters. The van der Waals surface area contributed by atoms with Crippen molar-refractivity contribution in [3.05, 3.63) is 0 Å². The molecule has 3 N–H and O–H groups in total. The summed E-state index contributed by atoms with van der Waals surface area (Å²) in [7, 11) is 1.78. The van der Waals surface area contributed by atoms with Gasteiger partial charge in [-0.3, -0.25) is 9.69 Å². The quantitative estimate of drug-likeness (QED) is 0.666. The maximum Gasteiger partial charge on any atom is 0.235 e. The Hall–Kier alpha value is -0.610. The highest BCUT2D eigenvalue weighted by molar-refractivity contribution is 5.80. The maximum atomic E-state index is 11.1. The van der Waals surface area contributed by atoms with Gasteiger partial charge in [-0.15, -0.1) is 0 Å². The van der Waals surface area contributed by atoms with Crippen molar-refractivity contribution in [2.24, 2.45) is 5.73 Å². The van der Waals surface area contributed by atoms with E-state index in [-0.39, 0.29) is 17.5 Å². The number of amides is 1. The molecule has 0 spiro atoms.